The Morgan fingerprint density at radius 1 is 1.62 bits per heavy atom. The van der Waals surface area contributed by atoms with Crippen molar-refractivity contribution in [1.82, 2.24) is 5.32 Å². The maximum absolute atomic E-state index is 11.7. The molecule has 1 amide bonds. The number of hydrogen-bond donors (Lipinski definition) is 1. The van der Waals surface area contributed by atoms with Gasteiger partial charge in [0.15, 0.2) is 0 Å². The number of nitrogens with one attached hydrogen (secondary N) is 1. The van der Waals surface area contributed by atoms with Crippen LogP contribution >= 0.6 is 15.9 Å². The molecule has 0 aliphatic rings. The predicted molar refractivity (Wildman–Crippen MR) is 66.0 cm³/mol. The zero-order valence-corrected chi connectivity index (χ0v) is 10.8. The van der Waals surface area contributed by atoms with Crippen LogP contribution in [0.1, 0.15) is 22.8 Å². The van der Waals surface area contributed by atoms with Crippen LogP contribution in [0.2, 0.25) is 0 Å². The second kappa shape index (κ2) is 5.66. The molecular formula is C12H13BrN2O. The van der Waals surface area contributed by atoms with E-state index >= 15 is 0 Å². The van der Waals surface area contributed by atoms with Gasteiger partial charge in [-0.3, -0.25) is 4.79 Å². The Morgan fingerprint density at radius 3 is 2.88 bits per heavy atom. The third-order valence-electron chi connectivity index (χ3n) is 2.21. The van der Waals surface area contributed by atoms with Crippen molar-refractivity contribution < 1.29 is 4.79 Å². The fraction of sp³-hybridized carbons (Fsp3) is 0.333. The fourth-order valence-electron chi connectivity index (χ4n) is 1.18. The van der Waals surface area contributed by atoms with Gasteiger partial charge in [-0.1, -0.05) is 15.9 Å². The third-order valence-corrected chi connectivity index (χ3v) is 3.10. The number of amides is 1. The molecule has 0 heterocycles. The van der Waals surface area contributed by atoms with Crippen LogP contribution in [0.4, 0.5) is 0 Å². The van der Waals surface area contributed by atoms with E-state index in [0.29, 0.717) is 12.1 Å². The van der Waals surface area contributed by atoms with E-state index in [2.05, 4.69) is 27.3 Å². The van der Waals surface area contributed by atoms with Crippen LogP contribution in [0.15, 0.2) is 22.7 Å². The maximum atomic E-state index is 11.7. The summed E-state index contributed by atoms with van der Waals surface area (Å²) < 4.78 is 0.981. The lowest BCUT2D eigenvalue weighted by Gasteiger charge is -2.07. The smallest absolute Gasteiger partial charge is 0.251 e. The van der Waals surface area contributed by atoms with Gasteiger partial charge in [-0.25, -0.2) is 0 Å². The van der Waals surface area contributed by atoms with Crippen molar-refractivity contribution in [3.8, 4) is 6.07 Å². The summed E-state index contributed by atoms with van der Waals surface area (Å²) in [6, 6.07) is 7.48. The van der Waals surface area contributed by atoms with E-state index in [0.717, 1.165) is 10.0 Å². The van der Waals surface area contributed by atoms with Crippen molar-refractivity contribution in [2.45, 2.75) is 13.8 Å². The highest BCUT2D eigenvalue weighted by molar-refractivity contribution is 9.10. The van der Waals surface area contributed by atoms with E-state index < -0.39 is 0 Å². The Kier molecular flexibility index (Phi) is 4.51. The van der Waals surface area contributed by atoms with Crippen molar-refractivity contribution in [2.75, 3.05) is 6.54 Å². The number of carbonyl (C=O) groups is 1. The molecule has 1 rings (SSSR count). The first kappa shape index (κ1) is 12.7. The van der Waals surface area contributed by atoms with Crippen LogP contribution in [0.25, 0.3) is 0 Å². The highest BCUT2D eigenvalue weighted by Crippen LogP contribution is 2.16. The van der Waals surface area contributed by atoms with Crippen LogP contribution in [0.3, 0.4) is 0 Å². The fourth-order valence-corrected chi connectivity index (χ4v) is 1.43. The molecule has 1 aromatic rings. The molecule has 84 valence electrons. The quantitative estimate of drug-likeness (QED) is 0.926. The Balaban J connectivity index is 2.67. The molecule has 4 heteroatoms. The summed E-state index contributed by atoms with van der Waals surface area (Å²) in [5.41, 5.74) is 1.63. The standard InChI is InChI=1S/C12H13BrN2O/c1-8(6-14)7-15-12(16)10-3-4-11(13)9(2)5-10/h3-5,8H,7H2,1-2H3,(H,15,16). The maximum Gasteiger partial charge on any atom is 0.251 e. The van der Waals surface area contributed by atoms with Gasteiger partial charge >= 0.3 is 0 Å². The van der Waals surface area contributed by atoms with Gasteiger partial charge in [0.1, 0.15) is 0 Å². The third kappa shape index (κ3) is 3.35. The molecule has 1 atom stereocenters. The normalized spacial score (nSPS) is 11.6. The molecule has 0 radical (unpaired) electrons. The first-order chi connectivity index (χ1) is 7.54. The molecule has 16 heavy (non-hydrogen) atoms. The second-order valence-corrected chi connectivity index (χ2v) is 4.56. The van der Waals surface area contributed by atoms with E-state index in [1.54, 1.807) is 13.0 Å². The molecule has 3 nitrogen and oxygen atoms in total. The minimum atomic E-state index is -0.166. The van der Waals surface area contributed by atoms with Gasteiger partial charge in [-0.2, -0.15) is 5.26 Å². The largest absolute Gasteiger partial charge is 0.351 e. The highest BCUT2D eigenvalue weighted by atomic mass is 79.9. The zero-order chi connectivity index (χ0) is 12.1. The SMILES string of the molecule is Cc1cc(C(=O)NCC(C)C#N)ccc1Br. The zero-order valence-electron chi connectivity index (χ0n) is 9.25. The van der Waals surface area contributed by atoms with E-state index in [-0.39, 0.29) is 11.8 Å². The van der Waals surface area contributed by atoms with Crippen LogP contribution in [0.5, 0.6) is 0 Å². The summed E-state index contributed by atoms with van der Waals surface area (Å²) in [4.78, 5) is 11.7. The topological polar surface area (TPSA) is 52.9 Å². The number of rotatable bonds is 3. The van der Waals surface area contributed by atoms with Crippen molar-refractivity contribution in [3.05, 3.63) is 33.8 Å². The van der Waals surface area contributed by atoms with Gasteiger partial charge in [-0.05, 0) is 37.6 Å². The van der Waals surface area contributed by atoms with Gasteiger partial charge < -0.3 is 5.32 Å². The lowest BCUT2D eigenvalue weighted by molar-refractivity contribution is 0.0950. The summed E-state index contributed by atoms with van der Waals surface area (Å²) in [5.74, 6) is -0.307. The van der Waals surface area contributed by atoms with E-state index in [1.807, 2.05) is 19.1 Å². The summed E-state index contributed by atoms with van der Waals surface area (Å²) in [6.07, 6.45) is 0. The van der Waals surface area contributed by atoms with Crippen LogP contribution in [-0.4, -0.2) is 12.5 Å². The summed E-state index contributed by atoms with van der Waals surface area (Å²) in [7, 11) is 0. The average molecular weight is 281 g/mol. The van der Waals surface area contributed by atoms with Gasteiger partial charge in [0.2, 0.25) is 0 Å². The Bertz CT molecular complexity index is 437. The number of hydrogen-bond acceptors (Lipinski definition) is 2. The molecule has 0 aromatic heterocycles. The minimum absolute atomic E-state index is 0.141. The number of aryl methyl sites for hydroxylation is 1. The number of nitrogens with zero attached hydrogens (tertiary/aromatic N) is 1. The molecule has 0 spiro atoms. The van der Waals surface area contributed by atoms with Gasteiger partial charge in [0, 0.05) is 16.6 Å². The Labute approximate surface area is 104 Å². The number of benzene rings is 1. The number of nitriles is 1. The van der Waals surface area contributed by atoms with Crippen molar-refractivity contribution in [2.24, 2.45) is 5.92 Å². The first-order valence-corrected chi connectivity index (χ1v) is 5.78. The molecule has 0 bridgehead atoms. The lowest BCUT2D eigenvalue weighted by atomic mass is 10.1. The van der Waals surface area contributed by atoms with Crippen molar-refractivity contribution >= 4 is 21.8 Å². The van der Waals surface area contributed by atoms with E-state index in [4.69, 9.17) is 5.26 Å². The van der Waals surface area contributed by atoms with Gasteiger partial charge in [0.25, 0.3) is 5.91 Å². The molecule has 0 saturated heterocycles. The van der Waals surface area contributed by atoms with E-state index in [9.17, 15) is 4.79 Å². The van der Waals surface area contributed by atoms with Crippen LogP contribution in [0, 0.1) is 24.2 Å². The summed E-state index contributed by atoms with van der Waals surface area (Å²) >= 11 is 3.38. The van der Waals surface area contributed by atoms with Crippen LogP contribution < -0.4 is 5.32 Å². The predicted octanol–water partition coefficient (Wildman–Crippen LogP) is 2.65. The van der Waals surface area contributed by atoms with E-state index in [1.165, 1.54) is 0 Å². The van der Waals surface area contributed by atoms with Crippen molar-refractivity contribution in [1.29, 1.82) is 5.26 Å². The Hall–Kier alpha value is -1.34. The molecule has 0 saturated carbocycles. The molecule has 1 aromatic carbocycles. The summed E-state index contributed by atoms with van der Waals surface area (Å²) in [5, 5.41) is 11.3. The molecule has 1 N–H and O–H groups in total. The second-order valence-electron chi connectivity index (χ2n) is 3.70. The van der Waals surface area contributed by atoms with Crippen LogP contribution in [-0.2, 0) is 0 Å². The monoisotopic (exact) mass is 280 g/mol. The lowest BCUT2D eigenvalue weighted by Crippen LogP contribution is -2.27. The molecular weight excluding hydrogens is 268 g/mol. The minimum Gasteiger partial charge on any atom is -0.351 e. The molecule has 0 fully saturated rings. The average Bonchev–Trinajstić information content (AvgIpc) is 2.29. The molecule has 1 unspecified atom stereocenters. The number of halogens is 1. The summed E-state index contributed by atoms with van der Waals surface area (Å²) in [6.45, 7) is 4.08. The van der Waals surface area contributed by atoms with Gasteiger partial charge in [-0.15, -0.1) is 0 Å². The molecule has 0 aliphatic heterocycles. The Morgan fingerprint density at radius 2 is 2.31 bits per heavy atom. The van der Waals surface area contributed by atoms with Gasteiger partial charge in [0.05, 0.1) is 12.0 Å². The van der Waals surface area contributed by atoms with Crippen molar-refractivity contribution in [3.63, 3.8) is 0 Å². The number of carbonyl (C=O) groups excluding carboxylic acids is 1. The highest BCUT2D eigenvalue weighted by Gasteiger charge is 2.08. The first-order valence-electron chi connectivity index (χ1n) is 4.98. The molecule has 0 aliphatic carbocycles.